The van der Waals surface area contributed by atoms with Crippen LogP contribution in [0, 0.1) is 32.0 Å². The number of fused-ring (bicyclic) bond motifs is 1. The van der Waals surface area contributed by atoms with E-state index in [1.807, 2.05) is 11.6 Å². The van der Waals surface area contributed by atoms with Gasteiger partial charge in [0, 0.05) is 22.3 Å². The molecule has 0 saturated heterocycles. The van der Waals surface area contributed by atoms with E-state index < -0.39 is 27.8 Å². The quantitative estimate of drug-likeness (QED) is 0.245. The van der Waals surface area contributed by atoms with Crippen LogP contribution in [0.2, 0.25) is 5.15 Å². The van der Waals surface area contributed by atoms with Gasteiger partial charge in [0.05, 0.1) is 23.4 Å². The Labute approximate surface area is 229 Å². The number of amides is 1. The van der Waals surface area contributed by atoms with Gasteiger partial charge in [-0.05, 0) is 62.7 Å². The number of rotatable bonds is 6. The molecule has 1 atom stereocenters. The van der Waals surface area contributed by atoms with Crippen LogP contribution >= 0.6 is 11.6 Å². The minimum absolute atomic E-state index is 0.0135. The van der Waals surface area contributed by atoms with Crippen molar-refractivity contribution in [3.63, 3.8) is 0 Å². The molecule has 11 heteroatoms. The summed E-state index contributed by atoms with van der Waals surface area (Å²) in [5.41, 5.74) is 2.14. The van der Waals surface area contributed by atoms with E-state index in [-0.39, 0.29) is 38.9 Å². The fourth-order valence-electron chi connectivity index (χ4n) is 4.22. The SMILES string of the molecule is C#Cc1cc(F)cc(-c2oc3c(C(C)Nc4ccc(Cl)nc4C(=O)NS(C)(=O)=O)cc(C)cc3c(=O)c2C)c1. The van der Waals surface area contributed by atoms with Gasteiger partial charge in [0.1, 0.15) is 22.3 Å². The number of aromatic nitrogens is 1. The van der Waals surface area contributed by atoms with Gasteiger partial charge in [-0.2, -0.15) is 0 Å². The highest BCUT2D eigenvalue weighted by molar-refractivity contribution is 7.89. The van der Waals surface area contributed by atoms with Crippen molar-refractivity contribution in [1.29, 1.82) is 0 Å². The van der Waals surface area contributed by atoms with Crippen LogP contribution in [-0.2, 0) is 10.0 Å². The first-order valence-electron chi connectivity index (χ1n) is 11.6. The zero-order chi connectivity index (χ0) is 28.6. The van der Waals surface area contributed by atoms with Crippen LogP contribution in [0.15, 0.2) is 51.7 Å². The Morgan fingerprint density at radius 2 is 1.90 bits per heavy atom. The Kier molecular flexibility index (Phi) is 7.50. The smallest absolute Gasteiger partial charge is 0.285 e. The molecule has 200 valence electrons. The van der Waals surface area contributed by atoms with Crippen molar-refractivity contribution in [2.75, 3.05) is 11.6 Å². The third-order valence-electron chi connectivity index (χ3n) is 5.91. The van der Waals surface area contributed by atoms with E-state index in [4.69, 9.17) is 22.4 Å². The molecule has 0 aliphatic heterocycles. The number of carbonyl (C=O) groups excluding carboxylic acids is 1. The molecule has 2 heterocycles. The first-order valence-corrected chi connectivity index (χ1v) is 13.8. The van der Waals surface area contributed by atoms with Gasteiger partial charge in [-0.15, -0.1) is 6.42 Å². The van der Waals surface area contributed by atoms with Crippen molar-refractivity contribution >= 4 is 44.2 Å². The molecule has 0 aliphatic rings. The molecule has 4 rings (SSSR count). The van der Waals surface area contributed by atoms with Gasteiger partial charge < -0.3 is 9.73 Å². The maximum Gasteiger partial charge on any atom is 0.285 e. The first-order chi connectivity index (χ1) is 18.3. The van der Waals surface area contributed by atoms with Crippen LogP contribution in [0.1, 0.15) is 45.7 Å². The Balaban J connectivity index is 1.87. The highest BCUT2D eigenvalue weighted by atomic mass is 35.5. The number of aryl methyl sites for hydroxylation is 1. The van der Waals surface area contributed by atoms with Crippen molar-refractivity contribution in [2.24, 2.45) is 0 Å². The third kappa shape index (κ3) is 5.95. The number of nitrogens with one attached hydrogen (secondary N) is 2. The fourth-order valence-corrected chi connectivity index (χ4v) is 4.80. The molecule has 0 saturated carbocycles. The Morgan fingerprint density at radius 1 is 1.18 bits per heavy atom. The molecule has 1 amide bonds. The van der Waals surface area contributed by atoms with E-state index in [1.165, 1.54) is 24.3 Å². The summed E-state index contributed by atoms with van der Waals surface area (Å²) < 4.78 is 45.6. The Bertz CT molecular complexity index is 1860. The van der Waals surface area contributed by atoms with Crippen LogP contribution < -0.4 is 15.5 Å². The predicted octanol–water partition coefficient (Wildman–Crippen LogP) is 5.11. The van der Waals surface area contributed by atoms with Gasteiger partial charge in [0.25, 0.3) is 5.91 Å². The lowest BCUT2D eigenvalue weighted by molar-refractivity contribution is 0.0977. The topological polar surface area (TPSA) is 118 Å². The summed E-state index contributed by atoms with van der Waals surface area (Å²) in [4.78, 5) is 30.0. The maximum absolute atomic E-state index is 14.3. The molecule has 0 bridgehead atoms. The van der Waals surface area contributed by atoms with Gasteiger partial charge in [-0.25, -0.2) is 22.5 Å². The normalized spacial score (nSPS) is 12.1. The van der Waals surface area contributed by atoms with Crippen LogP contribution in [0.25, 0.3) is 22.3 Å². The summed E-state index contributed by atoms with van der Waals surface area (Å²) in [6.07, 6.45) is 6.31. The van der Waals surface area contributed by atoms with Crippen molar-refractivity contribution in [3.05, 3.63) is 91.6 Å². The number of anilines is 1. The molecule has 0 aliphatic carbocycles. The second kappa shape index (κ2) is 10.5. The van der Waals surface area contributed by atoms with Gasteiger partial charge in [-0.3, -0.25) is 9.59 Å². The largest absolute Gasteiger partial charge is 0.455 e. The van der Waals surface area contributed by atoms with E-state index in [0.717, 1.165) is 11.8 Å². The average molecular weight is 568 g/mol. The zero-order valence-corrected chi connectivity index (χ0v) is 22.9. The summed E-state index contributed by atoms with van der Waals surface area (Å²) in [7, 11) is -3.86. The van der Waals surface area contributed by atoms with Crippen LogP contribution in [-0.4, -0.2) is 25.6 Å². The number of halogens is 2. The Morgan fingerprint density at radius 3 is 2.56 bits per heavy atom. The molecule has 2 N–H and O–H groups in total. The van der Waals surface area contributed by atoms with Crippen LogP contribution in [0.5, 0.6) is 0 Å². The number of hydrogen-bond acceptors (Lipinski definition) is 7. The molecular weight excluding hydrogens is 545 g/mol. The van der Waals surface area contributed by atoms with Crippen LogP contribution in [0.3, 0.4) is 0 Å². The number of carbonyl (C=O) groups is 1. The zero-order valence-electron chi connectivity index (χ0n) is 21.3. The predicted molar refractivity (Wildman–Crippen MR) is 149 cm³/mol. The molecule has 8 nitrogen and oxygen atoms in total. The first kappa shape index (κ1) is 27.8. The maximum atomic E-state index is 14.3. The highest BCUT2D eigenvalue weighted by Crippen LogP contribution is 2.33. The minimum atomic E-state index is -3.86. The van der Waals surface area contributed by atoms with Crippen molar-refractivity contribution in [1.82, 2.24) is 9.71 Å². The van der Waals surface area contributed by atoms with E-state index >= 15 is 0 Å². The second-order valence-corrected chi connectivity index (χ2v) is 11.2. The lowest BCUT2D eigenvalue weighted by Crippen LogP contribution is -2.31. The van der Waals surface area contributed by atoms with Crippen molar-refractivity contribution in [3.8, 4) is 23.7 Å². The molecule has 0 radical (unpaired) electrons. The van der Waals surface area contributed by atoms with Gasteiger partial charge in [-0.1, -0.05) is 23.6 Å². The number of nitrogens with zero attached hydrogens (tertiary/aromatic N) is 1. The Hall–Kier alpha value is -4.20. The number of sulfonamides is 1. The average Bonchev–Trinajstić information content (AvgIpc) is 2.85. The number of hydrogen-bond donors (Lipinski definition) is 2. The monoisotopic (exact) mass is 567 g/mol. The highest BCUT2D eigenvalue weighted by Gasteiger charge is 2.22. The summed E-state index contributed by atoms with van der Waals surface area (Å²) in [6, 6.07) is 9.85. The van der Waals surface area contributed by atoms with Gasteiger partial charge >= 0.3 is 0 Å². The summed E-state index contributed by atoms with van der Waals surface area (Å²) >= 11 is 5.97. The van der Waals surface area contributed by atoms with E-state index in [9.17, 15) is 22.4 Å². The molecule has 2 aromatic carbocycles. The number of terminal acetylenes is 1. The lowest BCUT2D eigenvalue weighted by atomic mass is 9.98. The summed E-state index contributed by atoms with van der Waals surface area (Å²) in [5, 5.41) is 3.44. The van der Waals surface area contributed by atoms with Crippen molar-refractivity contribution < 1.29 is 22.0 Å². The third-order valence-corrected chi connectivity index (χ3v) is 6.68. The van der Waals surface area contributed by atoms with E-state index in [0.29, 0.717) is 22.1 Å². The molecule has 4 aromatic rings. The van der Waals surface area contributed by atoms with Crippen LogP contribution in [0.4, 0.5) is 10.1 Å². The minimum Gasteiger partial charge on any atom is -0.455 e. The molecular formula is C28H23ClFN3O5S. The molecule has 0 spiro atoms. The standard InChI is InChI=1S/C28H23ClFN3O5S/c1-6-17-11-18(13-19(30)12-17)26-15(3)25(34)21-10-14(2)9-20(27(21)38-26)16(4)31-22-7-8-23(29)32-24(22)28(35)33-39(5,36)37/h1,7-13,16,31H,2-5H3,(H,33,35). The molecule has 2 aromatic heterocycles. The second-order valence-electron chi connectivity index (χ2n) is 9.09. The molecule has 1 unspecified atom stereocenters. The number of benzene rings is 2. The van der Waals surface area contributed by atoms with E-state index in [1.54, 1.807) is 32.0 Å². The fraction of sp³-hybridized carbons (Fsp3) is 0.179. The summed E-state index contributed by atoms with van der Waals surface area (Å²) in [5.74, 6) is 1.02. The number of pyridine rings is 1. The van der Waals surface area contributed by atoms with E-state index in [2.05, 4.69) is 16.2 Å². The van der Waals surface area contributed by atoms with Gasteiger partial charge in [0.15, 0.2) is 11.1 Å². The van der Waals surface area contributed by atoms with Gasteiger partial charge in [0.2, 0.25) is 10.0 Å². The lowest BCUT2D eigenvalue weighted by Gasteiger charge is -2.20. The van der Waals surface area contributed by atoms with Crippen molar-refractivity contribution in [2.45, 2.75) is 26.8 Å². The molecule has 0 fully saturated rings. The summed E-state index contributed by atoms with van der Waals surface area (Å²) in [6.45, 7) is 5.18. The molecule has 39 heavy (non-hydrogen) atoms.